The van der Waals surface area contributed by atoms with Gasteiger partial charge in [-0.1, -0.05) is 0 Å². The molecule has 0 unspecified atom stereocenters. The molecule has 0 bridgehead atoms. The van der Waals surface area contributed by atoms with Crippen LogP contribution in [0.3, 0.4) is 0 Å². The number of aromatic nitrogens is 4. The second-order valence-corrected chi connectivity index (χ2v) is 6.94. The highest BCUT2D eigenvalue weighted by molar-refractivity contribution is 7.92. The van der Waals surface area contributed by atoms with Crippen LogP contribution in [0.25, 0.3) is 0 Å². The summed E-state index contributed by atoms with van der Waals surface area (Å²) in [5, 5.41) is -0.0175. The summed E-state index contributed by atoms with van der Waals surface area (Å²) in [4.78, 5) is 14.6. The van der Waals surface area contributed by atoms with Gasteiger partial charge in [0, 0.05) is 26.3 Å². The molecule has 9 heteroatoms. The summed E-state index contributed by atoms with van der Waals surface area (Å²) in [6.07, 6.45) is 6.70. The molecule has 3 rings (SSSR count). The second-order valence-electron chi connectivity index (χ2n) is 5.31. The lowest BCUT2D eigenvalue weighted by molar-refractivity contribution is 0.598. The predicted molar refractivity (Wildman–Crippen MR) is 82.2 cm³/mol. The molecule has 2 aromatic rings. The third kappa shape index (κ3) is 2.89. The van der Waals surface area contributed by atoms with E-state index in [-0.39, 0.29) is 5.03 Å². The van der Waals surface area contributed by atoms with E-state index in [0.29, 0.717) is 17.5 Å². The van der Waals surface area contributed by atoms with Gasteiger partial charge in [0.2, 0.25) is 5.95 Å². The largest absolute Gasteiger partial charge is 0.341 e. The summed E-state index contributed by atoms with van der Waals surface area (Å²) in [7, 11) is -1.98. The lowest BCUT2D eigenvalue weighted by Crippen LogP contribution is -2.20. The molecule has 0 aromatic carbocycles. The molecule has 0 aliphatic carbocycles. The fourth-order valence-corrected chi connectivity index (χ4v) is 3.39. The van der Waals surface area contributed by atoms with E-state index in [1.54, 1.807) is 18.5 Å². The molecule has 0 saturated carbocycles. The van der Waals surface area contributed by atoms with Crippen LogP contribution in [0.5, 0.6) is 0 Å². The van der Waals surface area contributed by atoms with Crippen LogP contribution >= 0.6 is 0 Å². The van der Waals surface area contributed by atoms with Crippen molar-refractivity contribution in [2.45, 2.75) is 24.8 Å². The number of sulfonamides is 1. The maximum Gasteiger partial charge on any atom is 0.281 e. The standard InChI is InChI=1S/C13H18N6O2S/c1-10-16-12(9-18(10)2)22(20,21)17-11-7-14-13(15-8-11)19-5-3-4-6-19/h7-9,17H,3-6H2,1-2H3. The number of aryl methyl sites for hydroxylation is 2. The Hall–Kier alpha value is -2.16. The van der Waals surface area contributed by atoms with Crippen LogP contribution in [0.2, 0.25) is 0 Å². The summed E-state index contributed by atoms with van der Waals surface area (Å²) >= 11 is 0. The lowest BCUT2D eigenvalue weighted by atomic mass is 10.4. The quantitative estimate of drug-likeness (QED) is 0.900. The average Bonchev–Trinajstić information content (AvgIpc) is 3.11. The smallest absolute Gasteiger partial charge is 0.281 e. The van der Waals surface area contributed by atoms with E-state index in [1.807, 2.05) is 0 Å². The molecule has 0 amide bonds. The number of imidazole rings is 1. The van der Waals surface area contributed by atoms with Crippen molar-refractivity contribution < 1.29 is 8.42 Å². The van der Waals surface area contributed by atoms with Crippen LogP contribution in [-0.4, -0.2) is 41.0 Å². The number of nitrogens with zero attached hydrogens (tertiary/aromatic N) is 5. The molecule has 1 aliphatic rings. The van der Waals surface area contributed by atoms with E-state index < -0.39 is 10.0 Å². The zero-order chi connectivity index (χ0) is 15.7. The van der Waals surface area contributed by atoms with Crippen molar-refractivity contribution in [2.24, 2.45) is 7.05 Å². The molecule has 0 atom stereocenters. The molecular weight excluding hydrogens is 304 g/mol. The monoisotopic (exact) mass is 322 g/mol. The predicted octanol–water partition coefficient (Wildman–Crippen LogP) is 0.920. The molecule has 0 spiro atoms. The van der Waals surface area contributed by atoms with Gasteiger partial charge in [-0.15, -0.1) is 0 Å². The molecule has 8 nitrogen and oxygen atoms in total. The zero-order valence-corrected chi connectivity index (χ0v) is 13.3. The molecule has 1 saturated heterocycles. The molecule has 22 heavy (non-hydrogen) atoms. The number of hydrogen-bond donors (Lipinski definition) is 1. The molecule has 1 fully saturated rings. The Labute approximate surface area is 129 Å². The molecule has 3 heterocycles. The fourth-order valence-electron chi connectivity index (χ4n) is 2.32. The third-order valence-corrected chi connectivity index (χ3v) is 4.89. The first-order chi connectivity index (χ1) is 10.5. The van der Waals surface area contributed by atoms with Gasteiger partial charge in [0.25, 0.3) is 10.0 Å². The Morgan fingerprint density at radius 2 is 1.82 bits per heavy atom. The van der Waals surface area contributed by atoms with Gasteiger partial charge >= 0.3 is 0 Å². The van der Waals surface area contributed by atoms with Crippen molar-refractivity contribution >= 4 is 21.7 Å². The lowest BCUT2D eigenvalue weighted by Gasteiger charge is -2.14. The van der Waals surface area contributed by atoms with Crippen molar-refractivity contribution in [2.75, 3.05) is 22.7 Å². The Morgan fingerprint density at radius 1 is 1.18 bits per heavy atom. The minimum atomic E-state index is -3.72. The highest BCUT2D eigenvalue weighted by Gasteiger charge is 2.20. The molecular formula is C13H18N6O2S. The first kappa shape index (κ1) is 14.8. The summed E-state index contributed by atoms with van der Waals surface area (Å²) in [6.45, 7) is 3.63. The number of rotatable bonds is 4. The van der Waals surface area contributed by atoms with Crippen LogP contribution in [0.4, 0.5) is 11.6 Å². The minimum absolute atomic E-state index is 0.0175. The van der Waals surface area contributed by atoms with Gasteiger partial charge in [-0.2, -0.15) is 8.42 Å². The maximum absolute atomic E-state index is 12.3. The Morgan fingerprint density at radius 3 is 2.36 bits per heavy atom. The van der Waals surface area contributed by atoms with Crippen LogP contribution in [-0.2, 0) is 17.1 Å². The topological polar surface area (TPSA) is 93.0 Å². The van der Waals surface area contributed by atoms with Gasteiger partial charge in [0.05, 0.1) is 18.1 Å². The highest BCUT2D eigenvalue weighted by atomic mass is 32.2. The van der Waals surface area contributed by atoms with Gasteiger partial charge < -0.3 is 9.47 Å². The van der Waals surface area contributed by atoms with Crippen LogP contribution < -0.4 is 9.62 Å². The Balaban J connectivity index is 1.77. The molecule has 118 valence electrons. The van der Waals surface area contributed by atoms with Gasteiger partial charge in [0.15, 0.2) is 5.03 Å². The highest BCUT2D eigenvalue weighted by Crippen LogP contribution is 2.18. The van der Waals surface area contributed by atoms with Gasteiger partial charge in [-0.3, -0.25) is 4.72 Å². The number of nitrogens with one attached hydrogen (secondary N) is 1. The Kier molecular flexibility index (Phi) is 3.73. The van der Waals surface area contributed by atoms with E-state index in [9.17, 15) is 8.42 Å². The van der Waals surface area contributed by atoms with Crippen molar-refractivity contribution in [3.63, 3.8) is 0 Å². The van der Waals surface area contributed by atoms with Crippen molar-refractivity contribution in [3.05, 3.63) is 24.4 Å². The van der Waals surface area contributed by atoms with Crippen molar-refractivity contribution in [3.8, 4) is 0 Å². The van der Waals surface area contributed by atoms with Crippen molar-refractivity contribution in [1.82, 2.24) is 19.5 Å². The van der Waals surface area contributed by atoms with Crippen LogP contribution in [0.15, 0.2) is 23.6 Å². The van der Waals surface area contributed by atoms with E-state index in [2.05, 4.69) is 24.6 Å². The SMILES string of the molecule is Cc1nc(S(=O)(=O)Nc2cnc(N3CCCC3)nc2)cn1C. The fraction of sp³-hybridized carbons (Fsp3) is 0.462. The first-order valence-corrected chi connectivity index (χ1v) is 8.54. The zero-order valence-electron chi connectivity index (χ0n) is 12.5. The van der Waals surface area contributed by atoms with E-state index in [1.165, 1.54) is 18.6 Å². The molecule has 1 aliphatic heterocycles. The number of anilines is 2. The summed E-state index contributed by atoms with van der Waals surface area (Å²) in [6, 6.07) is 0. The summed E-state index contributed by atoms with van der Waals surface area (Å²) in [5.74, 6) is 1.26. The van der Waals surface area contributed by atoms with Crippen LogP contribution in [0, 0.1) is 6.92 Å². The van der Waals surface area contributed by atoms with Gasteiger partial charge in [-0.25, -0.2) is 15.0 Å². The minimum Gasteiger partial charge on any atom is -0.341 e. The van der Waals surface area contributed by atoms with Gasteiger partial charge in [-0.05, 0) is 19.8 Å². The first-order valence-electron chi connectivity index (χ1n) is 7.05. The maximum atomic E-state index is 12.3. The van der Waals surface area contributed by atoms with E-state index in [4.69, 9.17) is 0 Å². The normalized spacial score (nSPS) is 15.3. The van der Waals surface area contributed by atoms with E-state index >= 15 is 0 Å². The molecule has 1 N–H and O–H groups in total. The summed E-state index contributed by atoms with van der Waals surface area (Å²) in [5.41, 5.74) is 0.325. The van der Waals surface area contributed by atoms with Gasteiger partial charge in [0.1, 0.15) is 5.82 Å². The average molecular weight is 322 g/mol. The summed E-state index contributed by atoms with van der Waals surface area (Å²) < 4.78 is 28.6. The van der Waals surface area contributed by atoms with Crippen molar-refractivity contribution in [1.29, 1.82) is 0 Å². The molecule has 2 aromatic heterocycles. The third-order valence-electron chi connectivity index (χ3n) is 3.64. The second kappa shape index (κ2) is 5.56. The number of hydrogen-bond acceptors (Lipinski definition) is 6. The Bertz CT molecular complexity index is 743. The molecule has 0 radical (unpaired) electrons. The van der Waals surface area contributed by atoms with Crippen LogP contribution in [0.1, 0.15) is 18.7 Å². The van der Waals surface area contributed by atoms with E-state index in [0.717, 1.165) is 25.9 Å².